The fraction of sp³-hybridized carbons (Fsp3) is 0.500. The summed E-state index contributed by atoms with van der Waals surface area (Å²) in [5.74, 6) is -13.1. The summed E-state index contributed by atoms with van der Waals surface area (Å²) in [5.41, 5.74) is -1.08. The third-order valence-corrected chi connectivity index (χ3v) is 6.47. The smallest absolute Gasteiger partial charge is 0.455 e. The van der Waals surface area contributed by atoms with Crippen LogP contribution in [-0.4, -0.2) is 26.7 Å². The monoisotopic (exact) mass is 456 g/mol. The Morgan fingerprint density at radius 1 is 0.667 bits per heavy atom. The fourth-order valence-electron chi connectivity index (χ4n) is 2.30. The molecule has 0 saturated carbocycles. The molecule has 0 aliphatic heterocycles. The summed E-state index contributed by atoms with van der Waals surface area (Å²) in [6.07, 6.45) is -1.51. The Morgan fingerprint density at radius 3 is 1.33 bits per heavy atom. The first-order chi connectivity index (χ1) is 14.0. The third kappa shape index (κ3) is 6.25. The molecule has 0 amide bonds. The molecule has 12 heteroatoms. The average molecular weight is 456 g/mol. The molecule has 0 fully saturated rings. The van der Waals surface area contributed by atoms with Crippen LogP contribution in [0.2, 0.25) is 6.04 Å². The maximum absolute atomic E-state index is 13.9. The van der Waals surface area contributed by atoms with Crippen molar-refractivity contribution in [2.45, 2.75) is 58.9 Å². The molecular formula is C18H21F5O6Si. The zero-order valence-corrected chi connectivity index (χ0v) is 17.6. The van der Waals surface area contributed by atoms with Gasteiger partial charge in [-0.3, -0.25) is 14.4 Å². The maximum Gasteiger partial charge on any atom is 0.705 e. The molecule has 0 bridgehead atoms. The van der Waals surface area contributed by atoms with E-state index >= 15 is 0 Å². The van der Waals surface area contributed by atoms with Gasteiger partial charge >= 0.3 is 8.80 Å². The molecule has 1 rings (SSSR count). The normalized spacial score (nSPS) is 11.2. The number of carbonyl (C=O) groups excluding carboxylic acids is 3. The van der Waals surface area contributed by atoms with Crippen LogP contribution in [-0.2, 0) is 34.1 Å². The molecule has 0 spiro atoms. The first-order valence-corrected chi connectivity index (χ1v) is 11.1. The molecule has 0 aliphatic rings. The summed E-state index contributed by atoms with van der Waals surface area (Å²) in [6.45, 7) is 4.29. The summed E-state index contributed by atoms with van der Waals surface area (Å²) >= 11 is 0. The minimum Gasteiger partial charge on any atom is -0.455 e. The minimum absolute atomic E-state index is 0.153. The van der Waals surface area contributed by atoms with E-state index in [9.17, 15) is 36.3 Å². The molecule has 0 N–H and O–H groups in total. The van der Waals surface area contributed by atoms with Crippen LogP contribution in [0.5, 0.6) is 0 Å². The van der Waals surface area contributed by atoms with Crippen molar-refractivity contribution in [3.05, 3.63) is 34.6 Å². The second-order valence-corrected chi connectivity index (χ2v) is 8.55. The first kappa shape index (κ1) is 25.5. The van der Waals surface area contributed by atoms with Crippen LogP contribution in [0.15, 0.2) is 0 Å². The number of rotatable bonds is 10. The van der Waals surface area contributed by atoms with Crippen molar-refractivity contribution in [2.24, 2.45) is 0 Å². The van der Waals surface area contributed by atoms with E-state index in [0.29, 0.717) is 0 Å². The Labute approximate surface area is 170 Å². The standard InChI is InChI=1S/C18H21F5O6Si/c1-4-11(24)27-30(28-12(25)5-2,29-13(26)6-3)9-7-8-10-14(19)16(21)18(23)17(22)15(10)20/h4-9H2,1-3H3. The topological polar surface area (TPSA) is 78.9 Å². The largest absolute Gasteiger partial charge is 0.705 e. The van der Waals surface area contributed by atoms with Gasteiger partial charge in [-0.05, 0) is 12.8 Å². The Morgan fingerprint density at radius 2 is 1.00 bits per heavy atom. The predicted molar refractivity (Wildman–Crippen MR) is 94.3 cm³/mol. The van der Waals surface area contributed by atoms with Crippen molar-refractivity contribution in [3.8, 4) is 0 Å². The van der Waals surface area contributed by atoms with Crippen LogP contribution >= 0.6 is 0 Å². The van der Waals surface area contributed by atoms with Gasteiger partial charge in [-0.1, -0.05) is 20.8 Å². The van der Waals surface area contributed by atoms with Crippen molar-refractivity contribution in [1.29, 1.82) is 0 Å². The van der Waals surface area contributed by atoms with E-state index in [1.807, 2.05) is 0 Å². The van der Waals surface area contributed by atoms with Gasteiger partial charge < -0.3 is 13.3 Å². The Kier molecular flexibility index (Phi) is 9.40. The van der Waals surface area contributed by atoms with Crippen LogP contribution in [0.3, 0.4) is 0 Å². The molecule has 0 saturated heterocycles. The summed E-state index contributed by atoms with van der Waals surface area (Å²) in [7, 11) is -4.33. The highest BCUT2D eigenvalue weighted by atomic mass is 28.4. The third-order valence-electron chi connectivity index (χ3n) is 3.88. The Hall–Kier alpha value is -2.50. The van der Waals surface area contributed by atoms with Gasteiger partial charge in [0.1, 0.15) is 0 Å². The van der Waals surface area contributed by atoms with E-state index in [1.54, 1.807) is 0 Å². The van der Waals surface area contributed by atoms with Crippen LogP contribution in [0, 0.1) is 29.1 Å². The van der Waals surface area contributed by atoms with E-state index < -0.39 is 73.8 Å². The van der Waals surface area contributed by atoms with E-state index in [1.165, 1.54) is 20.8 Å². The van der Waals surface area contributed by atoms with Gasteiger partial charge in [-0.25, -0.2) is 22.0 Å². The van der Waals surface area contributed by atoms with Gasteiger partial charge in [0.25, 0.3) is 17.9 Å². The highest BCUT2D eigenvalue weighted by Gasteiger charge is 2.52. The summed E-state index contributed by atoms with van der Waals surface area (Å²) in [6, 6.07) is -0.463. The lowest BCUT2D eigenvalue weighted by molar-refractivity contribution is -0.150. The predicted octanol–water partition coefficient (Wildman–Crippen LogP) is 4.11. The van der Waals surface area contributed by atoms with E-state index in [4.69, 9.17) is 13.3 Å². The molecule has 0 aliphatic carbocycles. The van der Waals surface area contributed by atoms with Gasteiger partial charge in [-0.2, -0.15) is 0 Å². The molecule has 0 aromatic heterocycles. The average Bonchev–Trinajstić information content (AvgIpc) is 2.72. The van der Waals surface area contributed by atoms with E-state index in [2.05, 4.69) is 0 Å². The number of halogens is 5. The Balaban J connectivity index is 3.19. The lowest BCUT2D eigenvalue weighted by Crippen LogP contribution is -2.50. The summed E-state index contributed by atoms with van der Waals surface area (Å²) in [4.78, 5) is 35.4. The SMILES string of the molecule is CCC(=O)O[Si](CCCc1c(F)c(F)c(F)c(F)c1F)(OC(=O)CC)OC(=O)CC. The minimum atomic E-state index is -4.33. The van der Waals surface area contributed by atoms with Crippen molar-refractivity contribution >= 4 is 26.7 Å². The molecule has 168 valence electrons. The lowest BCUT2D eigenvalue weighted by Gasteiger charge is -2.27. The zero-order valence-electron chi connectivity index (χ0n) is 16.6. The van der Waals surface area contributed by atoms with E-state index in [-0.39, 0.29) is 25.7 Å². The first-order valence-electron chi connectivity index (χ1n) is 9.17. The fourth-order valence-corrected chi connectivity index (χ4v) is 4.82. The van der Waals surface area contributed by atoms with Crippen molar-refractivity contribution in [3.63, 3.8) is 0 Å². The van der Waals surface area contributed by atoms with Gasteiger partial charge in [0.05, 0.1) is 6.04 Å². The van der Waals surface area contributed by atoms with Crippen LogP contribution in [0.4, 0.5) is 22.0 Å². The van der Waals surface area contributed by atoms with Crippen molar-refractivity contribution in [2.75, 3.05) is 0 Å². The van der Waals surface area contributed by atoms with Crippen molar-refractivity contribution < 1.29 is 49.6 Å². The van der Waals surface area contributed by atoms with Gasteiger partial charge in [0.2, 0.25) is 5.82 Å². The second-order valence-electron chi connectivity index (χ2n) is 6.07. The quantitative estimate of drug-likeness (QED) is 0.228. The number of benzene rings is 1. The number of hydrogen-bond acceptors (Lipinski definition) is 6. The number of hydrogen-bond donors (Lipinski definition) is 0. The molecular weight excluding hydrogens is 435 g/mol. The van der Waals surface area contributed by atoms with Crippen LogP contribution < -0.4 is 0 Å². The van der Waals surface area contributed by atoms with Crippen LogP contribution in [0.25, 0.3) is 0 Å². The van der Waals surface area contributed by atoms with Gasteiger partial charge in [0, 0.05) is 24.8 Å². The summed E-state index contributed by atoms with van der Waals surface area (Å²) < 4.78 is 82.9. The maximum atomic E-state index is 13.9. The molecule has 1 aromatic rings. The van der Waals surface area contributed by atoms with Gasteiger partial charge in [-0.15, -0.1) is 0 Å². The molecule has 6 nitrogen and oxygen atoms in total. The van der Waals surface area contributed by atoms with Crippen molar-refractivity contribution in [1.82, 2.24) is 0 Å². The molecule has 0 heterocycles. The highest BCUT2D eigenvalue weighted by Crippen LogP contribution is 2.27. The summed E-state index contributed by atoms with van der Waals surface area (Å²) in [5, 5.41) is 0. The molecule has 0 radical (unpaired) electrons. The molecule has 0 atom stereocenters. The second kappa shape index (κ2) is 11.0. The van der Waals surface area contributed by atoms with E-state index in [0.717, 1.165) is 0 Å². The molecule has 30 heavy (non-hydrogen) atoms. The van der Waals surface area contributed by atoms with Crippen LogP contribution in [0.1, 0.15) is 52.0 Å². The van der Waals surface area contributed by atoms with Gasteiger partial charge in [0.15, 0.2) is 23.3 Å². The molecule has 0 unspecified atom stereocenters. The number of carbonyl (C=O) groups is 3. The zero-order chi connectivity index (χ0) is 23.1. The Bertz CT molecular complexity index is 742. The highest BCUT2D eigenvalue weighted by molar-refractivity contribution is 6.65. The lowest BCUT2D eigenvalue weighted by atomic mass is 10.1. The molecule has 1 aromatic carbocycles.